The molecule has 0 aromatic carbocycles. The molecule has 0 aromatic heterocycles. The van der Waals surface area contributed by atoms with E-state index in [2.05, 4.69) is 6.92 Å². The molecule has 0 radical (unpaired) electrons. The molecule has 0 saturated carbocycles. The zero-order valence-electron chi connectivity index (χ0n) is 10.9. The van der Waals surface area contributed by atoms with Gasteiger partial charge >= 0.3 is 6.09 Å². The van der Waals surface area contributed by atoms with Crippen LogP contribution in [0, 0.1) is 0 Å². The summed E-state index contributed by atoms with van der Waals surface area (Å²) in [7, 11) is 0. The van der Waals surface area contributed by atoms with E-state index in [1.165, 1.54) is 0 Å². The molecular weight excluding hydrogens is 206 g/mol. The highest BCUT2D eigenvalue weighted by Gasteiger charge is 2.34. The monoisotopic (exact) mass is 229 g/mol. The van der Waals surface area contributed by atoms with Gasteiger partial charge in [-0.25, -0.2) is 4.79 Å². The van der Waals surface area contributed by atoms with Gasteiger partial charge in [0.05, 0.1) is 25.3 Å². The summed E-state index contributed by atoms with van der Waals surface area (Å²) in [5.74, 6) is 0. The highest BCUT2D eigenvalue weighted by atomic mass is 16.6. The fourth-order valence-electron chi connectivity index (χ4n) is 1.85. The number of hydrogen-bond acceptors (Lipinski definition) is 3. The molecule has 1 aliphatic heterocycles. The number of rotatable bonds is 1. The predicted molar refractivity (Wildman–Crippen MR) is 62.4 cm³/mol. The largest absolute Gasteiger partial charge is 0.444 e. The molecule has 0 bridgehead atoms. The third-order valence-electron chi connectivity index (χ3n) is 2.61. The number of carbonyl (C=O) groups excluding carboxylic acids is 1. The van der Waals surface area contributed by atoms with Gasteiger partial charge in [-0.15, -0.1) is 0 Å². The van der Waals surface area contributed by atoms with Crippen LogP contribution in [0.1, 0.15) is 41.0 Å². The summed E-state index contributed by atoms with van der Waals surface area (Å²) in [5.41, 5.74) is -0.437. The molecule has 0 unspecified atom stereocenters. The van der Waals surface area contributed by atoms with E-state index in [9.17, 15) is 4.79 Å². The highest BCUT2D eigenvalue weighted by Crippen LogP contribution is 2.19. The van der Waals surface area contributed by atoms with Crippen LogP contribution in [0.3, 0.4) is 0 Å². The van der Waals surface area contributed by atoms with Gasteiger partial charge in [0.15, 0.2) is 0 Å². The van der Waals surface area contributed by atoms with E-state index in [0.29, 0.717) is 13.2 Å². The first-order valence-corrected chi connectivity index (χ1v) is 5.94. The Morgan fingerprint density at radius 3 is 2.56 bits per heavy atom. The first-order valence-electron chi connectivity index (χ1n) is 5.94. The van der Waals surface area contributed by atoms with Gasteiger partial charge in [0, 0.05) is 0 Å². The Bertz CT molecular complexity index is 247. The van der Waals surface area contributed by atoms with Crippen molar-refractivity contribution in [3.05, 3.63) is 0 Å². The smallest absolute Gasteiger partial charge is 0.410 e. The van der Waals surface area contributed by atoms with Crippen LogP contribution in [0.15, 0.2) is 0 Å². The zero-order chi connectivity index (χ0) is 12.3. The fraction of sp³-hybridized carbons (Fsp3) is 0.917. The third kappa shape index (κ3) is 3.37. The van der Waals surface area contributed by atoms with Gasteiger partial charge in [-0.2, -0.15) is 0 Å². The number of hydrogen-bond donors (Lipinski definition) is 0. The third-order valence-corrected chi connectivity index (χ3v) is 2.61. The average molecular weight is 229 g/mol. The van der Waals surface area contributed by atoms with E-state index >= 15 is 0 Å². The van der Waals surface area contributed by atoms with E-state index < -0.39 is 5.60 Å². The molecule has 1 heterocycles. The maximum absolute atomic E-state index is 12.0. The van der Waals surface area contributed by atoms with E-state index in [-0.39, 0.29) is 18.2 Å². The van der Waals surface area contributed by atoms with Crippen LogP contribution in [-0.2, 0) is 9.47 Å². The molecule has 4 nitrogen and oxygen atoms in total. The second kappa shape index (κ2) is 5.04. The molecule has 1 saturated heterocycles. The lowest BCUT2D eigenvalue weighted by Crippen LogP contribution is -2.54. The van der Waals surface area contributed by atoms with Crippen molar-refractivity contribution >= 4 is 6.09 Å². The van der Waals surface area contributed by atoms with Crippen molar-refractivity contribution in [2.24, 2.45) is 0 Å². The van der Waals surface area contributed by atoms with Crippen LogP contribution in [0.2, 0.25) is 0 Å². The molecule has 0 N–H and O–H groups in total. The summed E-state index contributed by atoms with van der Waals surface area (Å²) < 4.78 is 10.9. The molecule has 1 aliphatic rings. The van der Waals surface area contributed by atoms with E-state index in [0.717, 1.165) is 6.42 Å². The maximum Gasteiger partial charge on any atom is 0.410 e. The molecule has 94 valence electrons. The van der Waals surface area contributed by atoms with Crippen molar-refractivity contribution in [2.45, 2.75) is 58.7 Å². The fourth-order valence-corrected chi connectivity index (χ4v) is 1.85. The molecule has 0 aromatic rings. The second-order valence-corrected chi connectivity index (χ2v) is 5.34. The number of morpholine rings is 1. The first-order chi connectivity index (χ1) is 7.35. The molecule has 1 amide bonds. The Morgan fingerprint density at radius 1 is 1.44 bits per heavy atom. The summed E-state index contributed by atoms with van der Waals surface area (Å²) in [6, 6.07) is 0.229. The van der Waals surface area contributed by atoms with Gasteiger partial charge in [-0.05, 0) is 34.1 Å². The summed E-state index contributed by atoms with van der Waals surface area (Å²) >= 11 is 0. The highest BCUT2D eigenvalue weighted by molar-refractivity contribution is 5.69. The van der Waals surface area contributed by atoms with E-state index in [1.807, 2.05) is 32.6 Å². The molecule has 0 aliphatic carbocycles. The standard InChI is InChI=1S/C12H23NO3/c1-6-10-8-15-7-9(2)13(10)11(14)16-12(3,4)5/h9-10H,6-8H2,1-5H3/t9-,10+/m0/s1. The van der Waals surface area contributed by atoms with Crippen molar-refractivity contribution < 1.29 is 14.3 Å². The molecule has 1 fully saturated rings. The lowest BCUT2D eigenvalue weighted by molar-refractivity contribution is -0.0568. The Labute approximate surface area is 97.9 Å². The second-order valence-electron chi connectivity index (χ2n) is 5.34. The van der Waals surface area contributed by atoms with Crippen molar-refractivity contribution in [3.63, 3.8) is 0 Å². The first kappa shape index (κ1) is 13.3. The quantitative estimate of drug-likeness (QED) is 0.693. The Hall–Kier alpha value is -0.770. The zero-order valence-corrected chi connectivity index (χ0v) is 10.9. The lowest BCUT2D eigenvalue weighted by atomic mass is 10.1. The van der Waals surface area contributed by atoms with Gasteiger partial charge in [0.2, 0.25) is 0 Å². The summed E-state index contributed by atoms with van der Waals surface area (Å²) in [6.45, 7) is 10.9. The topological polar surface area (TPSA) is 38.8 Å². The van der Waals surface area contributed by atoms with Crippen LogP contribution >= 0.6 is 0 Å². The summed E-state index contributed by atoms with van der Waals surface area (Å²) in [5, 5.41) is 0. The Morgan fingerprint density at radius 2 is 2.06 bits per heavy atom. The number of carbonyl (C=O) groups is 1. The minimum Gasteiger partial charge on any atom is -0.444 e. The number of nitrogens with zero attached hydrogens (tertiary/aromatic N) is 1. The van der Waals surface area contributed by atoms with E-state index in [4.69, 9.17) is 9.47 Å². The lowest BCUT2D eigenvalue weighted by Gasteiger charge is -2.40. The van der Waals surface area contributed by atoms with Crippen molar-refractivity contribution in [1.82, 2.24) is 4.90 Å². The predicted octanol–water partition coefficient (Wildman–Crippen LogP) is 2.42. The molecule has 0 spiro atoms. The molecule has 1 rings (SSSR count). The molecule has 2 atom stereocenters. The van der Waals surface area contributed by atoms with Gasteiger partial charge in [-0.1, -0.05) is 6.92 Å². The van der Waals surface area contributed by atoms with Crippen LogP contribution in [0.5, 0.6) is 0 Å². The van der Waals surface area contributed by atoms with Crippen molar-refractivity contribution in [1.29, 1.82) is 0 Å². The summed E-state index contributed by atoms with van der Waals surface area (Å²) in [4.78, 5) is 13.9. The van der Waals surface area contributed by atoms with Gasteiger partial charge < -0.3 is 9.47 Å². The maximum atomic E-state index is 12.0. The SMILES string of the molecule is CC[C@@H]1COC[C@H](C)N1C(=O)OC(C)(C)C. The minimum absolute atomic E-state index is 0.0912. The average Bonchev–Trinajstić information content (AvgIpc) is 2.14. The van der Waals surface area contributed by atoms with Gasteiger partial charge in [0.25, 0.3) is 0 Å². The summed E-state index contributed by atoms with van der Waals surface area (Å²) in [6.07, 6.45) is 0.666. The number of ether oxygens (including phenoxy) is 2. The normalized spacial score (nSPS) is 26.7. The van der Waals surface area contributed by atoms with Crippen molar-refractivity contribution in [3.8, 4) is 0 Å². The Balaban J connectivity index is 2.70. The minimum atomic E-state index is -0.437. The van der Waals surface area contributed by atoms with Crippen LogP contribution in [0.25, 0.3) is 0 Å². The van der Waals surface area contributed by atoms with E-state index in [1.54, 1.807) is 0 Å². The van der Waals surface area contributed by atoms with Gasteiger partial charge in [0.1, 0.15) is 5.60 Å². The van der Waals surface area contributed by atoms with Gasteiger partial charge in [-0.3, -0.25) is 4.90 Å². The molecule has 16 heavy (non-hydrogen) atoms. The van der Waals surface area contributed by atoms with Crippen LogP contribution < -0.4 is 0 Å². The van der Waals surface area contributed by atoms with Crippen LogP contribution in [-0.4, -0.2) is 41.9 Å². The Kier molecular flexibility index (Phi) is 4.19. The molecule has 4 heteroatoms. The molecular formula is C12H23NO3. The van der Waals surface area contributed by atoms with Crippen LogP contribution in [0.4, 0.5) is 4.79 Å². The van der Waals surface area contributed by atoms with Crippen molar-refractivity contribution in [2.75, 3.05) is 13.2 Å². The number of amides is 1.